The fourth-order valence-corrected chi connectivity index (χ4v) is 1.01. The Morgan fingerprint density at radius 2 is 2.08 bits per heavy atom. The molecule has 0 aromatic rings. The average molecular weight is 173 g/mol. The molecule has 72 valence electrons. The Labute approximate surface area is 74.5 Å². The Balaban J connectivity index is 3.77. The number of amides is 1. The van der Waals surface area contributed by atoms with Gasteiger partial charge in [0.1, 0.15) is 0 Å². The fourth-order valence-electron chi connectivity index (χ4n) is 1.01. The summed E-state index contributed by atoms with van der Waals surface area (Å²) >= 11 is 0. The molecular weight excluding hydrogens is 154 g/mol. The minimum absolute atomic E-state index is 0.150. The van der Waals surface area contributed by atoms with E-state index in [2.05, 4.69) is 17.0 Å². The lowest BCUT2D eigenvalue weighted by molar-refractivity contribution is 0.157. The van der Waals surface area contributed by atoms with Crippen LogP contribution in [-0.2, 0) is 4.74 Å². The van der Waals surface area contributed by atoms with Gasteiger partial charge in [-0.2, -0.15) is 0 Å². The lowest BCUT2D eigenvalue weighted by Crippen LogP contribution is -2.43. The Bertz CT molecular complexity index is 143. The van der Waals surface area contributed by atoms with E-state index < -0.39 is 0 Å². The molecule has 0 bridgehead atoms. The molecule has 1 N–H and O–H groups in total. The summed E-state index contributed by atoms with van der Waals surface area (Å²) in [5, 5.41) is 2.78. The number of hydrogen-bond acceptors (Lipinski definition) is 2. The topological polar surface area (TPSA) is 38.3 Å². The highest BCUT2D eigenvalue weighted by Gasteiger charge is 2.19. The molecule has 0 saturated heterocycles. The van der Waals surface area contributed by atoms with Crippen LogP contribution in [0.25, 0.3) is 0 Å². The highest BCUT2D eigenvalue weighted by Crippen LogP contribution is 2.12. The Morgan fingerprint density at radius 3 is 2.50 bits per heavy atom. The van der Waals surface area contributed by atoms with Crippen molar-refractivity contribution in [2.24, 2.45) is 0 Å². The number of rotatable bonds is 4. The van der Waals surface area contributed by atoms with Crippen LogP contribution >= 0.6 is 0 Å². The van der Waals surface area contributed by atoms with Gasteiger partial charge in [-0.15, -0.1) is 0 Å². The van der Waals surface area contributed by atoms with E-state index in [9.17, 15) is 4.79 Å². The van der Waals surface area contributed by atoms with Gasteiger partial charge in [0.25, 0.3) is 0 Å². The first-order chi connectivity index (χ1) is 5.52. The molecule has 3 nitrogen and oxygen atoms in total. The number of carbonyl (C=O) groups is 1. The van der Waals surface area contributed by atoms with Crippen LogP contribution in [0, 0.1) is 0 Å². The molecule has 0 aromatic heterocycles. The largest absolute Gasteiger partial charge is 0.453 e. The molecule has 0 radical (unpaired) electrons. The first kappa shape index (κ1) is 11.3. The summed E-state index contributed by atoms with van der Waals surface area (Å²) in [4.78, 5) is 10.9. The van der Waals surface area contributed by atoms with Gasteiger partial charge in [0.15, 0.2) is 0 Å². The van der Waals surface area contributed by atoms with Crippen molar-refractivity contribution in [1.82, 2.24) is 5.32 Å². The highest BCUT2D eigenvalue weighted by molar-refractivity contribution is 5.67. The molecule has 0 atom stereocenters. The summed E-state index contributed by atoms with van der Waals surface area (Å²) in [7, 11) is 1.38. The molecule has 0 heterocycles. The van der Waals surface area contributed by atoms with Crippen molar-refractivity contribution < 1.29 is 9.53 Å². The number of unbranched alkanes of at least 4 members (excludes halogenated alkanes) is 1. The SMILES string of the molecule is CCCCC(C)(C)NC(=O)OC. The van der Waals surface area contributed by atoms with Crippen LogP contribution in [-0.4, -0.2) is 18.7 Å². The van der Waals surface area contributed by atoms with E-state index in [1.807, 2.05) is 13.8 Å². The third-order valence-corrected chi connectivity index (χ3v) is 1.78. The third kappa shape index (κ3) is 4.99. The lowest BCUT2D eigenvalue weighted by atomic mass is 9.98. The van der Waals surface area contributed by atoms with Crippen molar-refractivity contribution >= 4 is 6.09 Å². The van der Waals surface area contributed by atoms with Crippen molar-refractivity contribution in [3.05, 3.63) is 0 Å². The van der Waals surface area contributed by atoms with Crippen molar-refractivity contribution in [1.29, 1.82) is 0 Å². The van der Waals surface area contributed by atoms with E-state index in [0.717, 1.165) is 19.3 Å². The van der Waals surface area contributed by atoms with Crippen molar-refractivity contribution in [2.75, 3.05) is 7.11 Å². The van der Waals surface area contributed by atoms with Gasteiger partial charge in [-0.25, -0.2) is 4.79 Å². The van der Waals surface area contributed by atoms with Crippen molar-refractivity contribution in [3.63, 3.8) is 0 Å². The Kier molecular flexibility index (Phi) is 4.71. The van der Waals surface area contributed by atoms with E-state index in [4.69, 9.17) is 0 Å². The standard InChI is InChI=1S/C9H19NO2/c1-5-6-7-9(2,3)10-8(11)12-4/h5-7H2,1-4H3,(H,10,11). The van der Waals surface area contributed by atoms with Crippen molar-refractivity contribution in [3.8, 4) is 0 Å². The number of carbonyl (C=O) groups excluding carboxylic acids is 1. The molecule has 0 fully saturated rings. The molecule has 0 spiro atoms. The summed E-state index contributed by atoms with van der Waals surface area (Å²) in [6.45, 7) is 6.13. The van der Waals surface area contributed by atoms with Gasteiger partial charge in [0.2, 0.25) is 0 Å². The van der Waals surface area contributed by atoms with Crippen LogP contribution in [0.2, 0.25) is 0 Å². The van der Waals surface area contributed by atoms with E-state index >= 15 is 0 Å². The van der Waals surface area contributed by atoms with E-state index in [0.29, 0.717) is 0 Å². The number of hydrogen-bond donors (Lipinski definition) is 1. The van der Waals surface area contributed by atoms with Crippen molar-refractivity contribution in [2.45, 2.75) is 45.6 Å². The summed E-state index contributed by atoms with van der Waals surface area (Å²) in [5.41, 5.74) is -0.150. The zero-order chi connectivity index (χ0) is 9.61. The normalized spacial score (nSPS) is 11.0. The second-order valence-corrected chi connectivity index (χ2v) is 3.60. The molecule has 1 amide bonds. The molecule has 0 aromatic carbocycles. The number of ether oxygens (including phenoxy) is 1. The number of alkyl carbamates (subject to hydrolysis) is 1. The predicted molar refractivity (Wildman–Crippen MR) is 49.1 cm³/mol. The second-order valence-electron chi connectivity index (χ2n) is 3.60. The zero-order valence-corrected chi connectivity index (χ0v) is 8.44. The smallest absolute Gasteiger partial charge is 0.407 e. The molecule has 0 aliphatic heterocycles. The van der Waals surface area contributed by atoms with Gasteiger partial charge in [-0.3, -0.25) is 0 Å². The fraction of sp³-hybridized carbons (Fsp3) is 0.889. The maximum absolute atomic E-state index is 10.9. The first-order valence-electron chi connectivity index (χ1n) is 4.38. The van der Waals surface area contributed by atoms with E-state index in [1.165, 1.54) is 7.11 Å². The van der Waals surface area contributed by atoms with Gasteiger partial charge >= 0.3 is 6.09 Å². The van der Waals surface area contributed by atoms with Crippen LogP contribution < -0.4 is 5.32 Å². The maximum atomic E-state index is 10.9. The van der Waals surface area contributed by atoms with Crippen LogP contribution in [0.15, 0.2) is 0 Å². The molecule has 0 saturated carbocycles. The maximum Gasteiger partial charge on any atom is 0.407 e. The van der Waals surface area contributed by atoms with E-state index in [1.54, 1.807) is 0 Å². The average Bonchev–Trinajstić information content (AvgIpc) is 2.00. The summed E-state index contributed by atoms with van der Waals surface area (Å²) in [6.07, 6.45) is 2.90. The molecule has 0 aliphatic carbocycles. The third-order valence-electron chi connectivity index (χ3n) is 1.78. The van der Waals surface area contributed by atoms with Gasteiger partial charge in [-0.1, -0.05) is 19.8 Å². The molecule has 3 heteroatoms. The minimum atomic E-state index is -0.351. The molecule has 0 aliphatic rings. The zero-order valence-electron chi connectivity index (χ0n) is 8.44. The summed E-state index contributed by atoms with van der Waals surface area (Å²) in [5.74, 6) is 0. The van der Waals surface area contributed by atoms with Crippen LogP contribution in [0.1, 0.15) is 40.0 Å². The molecule has 0 unspecified atom stereocenters. The monoisotopic (exact) mass is 173 g/mol. The molecular formula is C9H19NO2. The van der Waals surface area contributed by atoms with Gasteiger partial charge < -0.3 is 10.1 Å². The van der Waals surface area contributed by atoms with Gasteiger partial charge in [0, 0.05) is 5.54 Å². The predicted octanol–water partition coefficient (Wildman–Crippen LogP) is 2.31. The number of nitrogens with one attached hydrogen (secondary N) is 1. The van der Waals surface area contributed by atoms with Crippen LogP contribution in [0.4, 0.5) is 4.79 Å². The van der Waals surface area contributed by atoms with E-state index in [-0.39, 0.29) is 11.6 Å². The lowest BCUT2D eigenvalue weighted by Gasteiger charge is -2.24. The van der Waals surface area contributed by atoms with Gasteiger partial charge in [-0.05, 0) is 20.3 Å². The second kappa shape index (κ2) is 5.01. The highest BCUT2D eigenvalue weighted by atomic mass is 16.5. The van der Waals surface area contributed by atoms with Crippen LogP contribution in [0.3, 0.4) is 0 Å². The summed E-state index contributed by atoms with van der Waals surface area (Å²) < 4.78 is 4.52. The molecule has 0 rings (SSSR count). The van der Waals surface area contributed by atoms with Crippen LogP contribution in [0.5, 0.6) is 0 Å². The van der Waals surface area contributed by atoms with Gasteiger partial charge in [0.05, 0.1) is 7.11 Å². The molecule has 12 heavy (non-hydrogen) atoms. The Hall–Kier alpha value is -0.730. The first-order valence-corrected chi connectivity index (χ1v) is 4.38. The number of methoxy groups -OCH3 is 1. The quantitative estimate of drug-likeness (QED) is 0.708. The Morgan fingerprint density at radius 1 is 1.50 bits per heavy atom. The summed E-state index contributed by atoms with van der Waals surface area (Å²) in [6, 6.07) is 0. The minimum Gasteiger partial charge on any atom is -0.453 e.